The van der Waals surface area contributed by atoms with Gasteiger partial charge in [0.15, 0.2) is 0 Å². The molecule has 3 nitrogen and oxygen atoms in total. The Balaban J connectivity index is 1.71. The Labute approximate surface area is 141 Å². The van der Waals surface area contributed by atoms with Gasteiger partial charge in [-0.05, 0) is 35.2 Å². The van der Waals surface area contributed by atoms with Crippen LogP contribution in [0.5, 0.6) is 5.75 Å². The van der Waals surface area contributed by atoms with E-state index in [1.54, 1.807) is 0 Å². The van der Waals surface area contributed by atoms with Crippen molar-refractivity contribution in [3.63, 3.8) is 0 Å². The summed E-state index contributed by atoms with van der Waals surface area (Å²) in [6.45, 7) is 0. The molecule has 0 radical (unpaired) electrons. The van der Waals surface area contributed by atoms with Crippen LogP contribution in [0, 0.1) is 0 Å². The molecular weight excluding hydrogens is 338 g/mol. The van der Waals surface area contributed by atoms with E-state index in [2.05, 4.69) is 10.1 Å². The van der Waals surface area contributed by atoms with Crippen LogP contribution in [0.1, 0.15) is 24.4 Å². The standard InChI is InChI=1S/C18H15F4NO2/c19-17(20)18(21,22)25-14-7-5-12(6-8-14)11-1-3-13(4-2-11)15-9-10-16(24)23-15/h1-8,15,17H,9-10H2,(H,23,24)/t15-/m1/s1. The molecule has 7 heteroatoms. The van der Waals surface area contributed by atoms with Crippen LogP contribution in [0.4, 0.5) is 17.6 Å². The van der Waals surface area contributed by atoms with Crippen LogP contribution in [0.2, 0.25) is 0 Å². The highest BCUT2D eigenvalue weighted by Gasteiger charge is 2.43. The zero-order valence-corrected chi connectivity index (χ0v) is 13.0. The molecule has 0 bridgehead atoms. The van der Waals surface area contributed by atoms with E-state index in [-0.39, 0.29) is 17.7 Å². The molecule has 1 saturated heterocycles. The third kappa shape index (κ3) is 3.92. The minimum Gasteiger partial charge on any atom is -0.428 e. The number of carbonyl (C=O) groups excluding carboxylic acids is 1. The van der Waals surface area contributed by atoms with Crippen molar-refractivity contribution in [3.8, 4) is 16.9 Å². The quantitative estimate of drug-likeness (QED) is 0.802. The lowest BCUT2D eigenvalue weighted by molar-refractivity contribution is -0.253. The summed E-state index contributed by atoms with van der Waals surface area (Å²) in [5, 5.41) is 2.88. The molecule has 0 unspecified atom stereocenters. The van der Waals surface area contributed by atoms with Crippen LogP contribution in [0.25, 0.3) is 11.1 Å². The summed E-state index contributed by atoms with van der Waals surface area (Å²) in [7, 11) is 0. The monoisotopic (exact) mass is 353 g/mol. The molecule has 1 amide bonds. The van der Waals surface area contributed by atoms with Gasteiger partial charge in [0.2, 0.25) is 5.91 Å². The third-order valence-corrected chi connectivity index (χ3v) is 4.00. The van der Waals surface area contributed by atoms with Crippen molar-refractivity contribution < 1.29 is 27.1 Å². The minimum atomic E-state index is -4.52. The van der Waals surface area contributed by atoms with Crippen molar-refractivity contribution in [2.75, 3.05) is 0 Å². The van der Waals surface area contributed by atoms with Crippen LogP contribution in [0.3, 0.4) is 0 Å². The fourth-order valence-electron chi connectivity index (χ4n) is 2.69. The molecule has 1 aliphatic heterocycles. The fourth-order valence-corrected chi connectivity index (χ4v) is 2.69. The van der Waals surface area contributed by atoms with Gasteiger partial charge < -0.3 is 10.1 Å². The Morgan fingerprint density at radius 3 is 2.04 bits per heavy atom. The first kappa shape index (κ1) is 17.3. The molecule has 25 heavy (non-hydrogen) atoms. The Morgan fingerprint density at radius 1 is 1.00 bits per heavy atom. The van der Waals surface area contributed by atoms with Gasteiger partial charge in [0.05, 0.1) is 6.04 Å². The fraction of sp³-hybridized carbons (Fsp3) is 0.278. The number of hydrogen-bond donors (Lipinski definition) is 1. The van der Waals surface area contributed by atoms with E-state index in [9.17, 15) is 22.4 Å². The molecular formula is C18H15F4NO2. The summed E-state index contributed by atoms with van der Waals surface area (Å²) in [4.78, 5) is 11.3. The van der Waals surface area contributed by atoms with Crippen molar-refractivity contribution in [2.45, 2.75) is 31.4 Å². The summed E-state index contributed by atoms with van der Waals surface area (Å²) >= 11 is 0. The number of amides is 1. The van der Waals surface area contributed by atoms with Gasteiger partial charge in [-0.2, -0.15) is 17.6 Å². The van der Waals surface area contributed by atoms with E-state index in [0.717, 1.165) is 23.1 Å². The average molecular weight is 353 g/mol. The number of nitrogens with one attached hydrogen (secondary N) is 1. The van der Waals surface area contributed by atoms with E-state index in [0.29, 0.717) is 6.42 Å². The SMILES string of the molecule is O=C1CC[C@H](c2ccc(-c3ccc(OC(F)(F)C(F)F)cc3)cc2)N1. The summed E-state index contributed by atoms with van der Waals surface area (Å²) in [6.07, 6.45) is -7.15. The number of rotatable bonds is 5. The lowest BCUT2D eigenvalue weighted by Crippen LogP contribution is -2.33. The maximum absolute atomic E-state index is 12.9. The van der Waals surface area contributed by atoms with E-state index in [4.69, 9.17) is 0 Å². The Hall–Kier alpha value is -2.57. The number of benzene rings is 2. The highest BCUT2D eigenvalue weighted by Crippen LogP contribution is 2.30. The topological polar surface area (TPSA) is 38.3 Å². The normalized spacial score (nSPS) is 17.6. The summed E-state index contributed by atoms with van der Waals surface area (Å²) in [5.74, 6) is -0.301. The predicted molar refractivity (Wildman–Crippen MR) is 83.6 cm³/mol. The van der Waals surface area contributed by atoms with Gasteiger partial charge in [-0.25, -0.2) is 0 Å². The second-order valence-corrected chi connectivity index (χ2v) is 5.77. The van der Waals surface area contributed by atoms with Crippen LogP contribution >= 0.6 is 0 Å². The van der Waals surface area contributed by atoms with Crippen molar-refractivity contribution in [1.29, 1.82) is 0 Å². The Kier molecular flexibility index (Phi) is 4.65. The van der Waals surface area contributed by atoms with Crippen molar-refractivity contribution >= 4 is 5.91 Å². The first-order chi connectivity index (χ1) is 11.8. The molecule has 1 heterocycles. The minimum absolute atomic E-state index is 0.00824. The molecule has 0 spiro atoms. The van der Waals surface area contributed by atoms with Crippen LogP contribution in [0.15, 0.2) is 48.5 Å². The summed E-state index contributed by atoms with van der Waals surface area (Å²) in [5.41, 5.74) is 2.56. The molecule has 1 N–H and O–H groups in total. The third-order valence-electron chi connectivity index (χ3n) is 4.00. The molecule has 2 aromatic carbocycles. The van der Waals surface area contributed by atoms with Crippen LogP contribution < -0.4 is 10.1 Å². The maximum Gasteiger partial charge on any atom is 0.461 e. The molecule has 0 saturated carbocycles. The van der Waals surface area contributed by atoms with Crippen LogP contribution in [-0.4, -0.2) is 18.4 Å². The van der Waals surface area contributed by atoms with E-state index in [1.807, 2.05) is 24.3 Å². The average Bonchev–Trinajstić information content (AvgIpc) is 3.02. The Morgan fingerprint density at radius 2 is 1.56 bits per heavy atom. The number of ether oxygens (including phenoxy) is 1. The molecule has 1 fully saturated rings. The summed E-state index contributed by atoms with van der Waals surface area (Å²) in [6, 6.07) is 13.0. The van der Waals surface area contributed by atoms with Crippen molar-refractivity contribution in [1.82, 2.24) is 5.32 Å². The molecule has 0 aliphatic carbocycles. The molecule has 1 atom stereocenters. The lowest BCUT2D eigenvalue weighted by Gasteiger charge is -2.17. The number of alkyl halides is 4. The lowest BCUT2D eigenvalue weighted by atomic mass is 10.00. The molecule has 132 valence electrons. The first-order valence-corrected chi connectivity index (χ1v) is 7.70. The zero-order valence-electron chi connectivity index (χ0n) is 13.0. The predicted octanol–water partition coefficient (Wildman–Crippen LogP) is 4.54. The van der Waals surface area contributed by atoms with Gasteiger partial charge in [-0.15, -0.1) is 0 Å². The largest absolute Gasteiger partial charge is 0.461 e. The van der Waals surface area contributed by atoms with Crippen molar-refractivity contribution in [3.05, 3.63) is 54.1 Å². The second-order valence-electron chi connectivity index (χ2n) is 5.77. The highest BCUT2D eigenvalue weighted by molar-refractivity contribution is 5.78. The van der Waals surface area contributed by atoms with E-state index >= 15 is 0 Å². The Bertz CT molecular complexity index is 745. The summed E-state index contributed by atoms with van der Waals surface area (Å²) < 4.78 is 54.0. The van der Waals surface area contributed by atoms with E-state index in [1.165, 1.54) is 24.3 Å². The van der Waals surface area contributed by atoms with Gasteiger partial charge in [0.1, 0.15) is 5.75 Å². The smallest absolute Gasteiger partial charge is 0.428 e. The number of halogens is 4. The molecule has 3 rings (SSSR count). The van der Waals surface area contributed by atoms with Gasteiger partial charge in [-0.3, -0.25) is 4.79 Å². The number of hydrogen-bond acceptors (Lipinski definition) is 2. The van der Waals surface area contributed by atoms with Gasteiger partial charge in [0, 0.05) is 6.42 Å². The van der Waals surface area contributed by atoms with Gasteiger partial charge >= 0.3 is 12.5 Å². The molecule has 2 aromatic rings. The van der Waals surface area contributed by atoms with Gasteiger partial charge in [-0.1, -0.05) is 36.4 Å². The molecule has 1 aliphatic rings. The van der Waals surface area contributed by atoms with Crippen LogP contribution in [-0.2, 0) is 4.79 Å². The highest BCUT2D eigenvalue weighted by atomic mass is 19.3. The second kappa shape index (κ2) is 6.74. The zero-order chi connectivity index (χ0) is 18.0. The van der Waals surface area contributed by atoms with Gasteiger partial charge in [0.25, 0.3) is 0 Å². The van der Waals surface area contributed by atoms with E-state index < -0.39 is 12.5 Å². The number of carbonyl (C=O) groups is 1. The first-order valence-electron chi connectivity index (χ1n) is 7.70. The maximum atomic E-state index is 12.9. The molecule has 0 aromatic heterocycles. The van der Waals surface area contributed by atoms with Crippen molar-refractivity contribution in [2.24, 2.45) is 0 Å².